The quantitative estimate of drug-likeness (QED) is 0.794. The summed E-state index contributed by atoms with van der Waals surface area (Å²) in [6.07, 6.45) is 6.52. The van der Waals surface area contributed by atoms with Gasteiger partial charge in [-0.2, -0.15) is 5.10 Å². The molecule has 5 nitrogen and oxygen atoms in total. The maximum atomic E-state index is 11.8. The fourth-order valence-corrected chi connectivity index (χ4v) is 3.12. The van der Waals surface area contributed by atoms with Crippen LogP contribution in [-0.2, 0) is 18.3 Å². The molecule has 0 aliphatic carbocycles. The number of rotatable bonds is 7. The molecule has 0 aliphatic rings. The molecule has 0 aliphatic heterocycles. The molecule has 0 saturated heterocycles. The predicted molar refractivity (Wildman–Crippen MR) is 88.1 cm³/mol. The average molecular weight is 319 g/mol. The molecule has 2 rings (SSSR count). The highest BCUT2D eigenvalue weighted by atomic mass is 32.2. The lowest BCUT2D eigenvalue weighted by Gasteiger charge is -2.26. The largest absolute Gasteiger partial charge is 0.480 e. The molecule has 0 amide bonds. The summed E-state index contributed by atoms with van der Waals surface area (Å²) in [5, 5.41) is 13.8. The molecular formula is C16H21N3O2S. The summed E-state index contributed by atoms with van der Waals surface area (Å²) < 4.78 is 1.76. The fraction of sp³-hybridized carbons (Fsp3) is 0.375. The molecule has 1 heterocycles. The van der Waals surface area contributed by atoms with Crippen molar-refractivity contribution in [3.63, 3.8) is 0 Å². The summed E-state index contributed by atoms with van der Waals surface area (Å²) in [5.41, 5.74) is 1.95. The van der Waals surface area contributed by atoms with Crippen LogP contribution in [0.25, 0.3) is 0 Å². The fourth-order valence-electron chi connectivity index (χ4n) is 2.49. The normalized spacial score (nSPS) is 12.5. The van der Waals surface area contributed by atoms with Crippen molar-refractivity contribution in [3.05, 3.63) is 47.8 Å². The number of carboxylic acid groups (broad SMARTS) is 1. The molecule has 0 spiro atoms. The van der Waals surface area contributed by atoms with E-state index in [0.717, 1.165) is 22.4 Å². The van der Waals surface area contributed by atoms with E-state index in [2.05, 4.69) is 5.10 Å². The lowest BCUT2D eigenvalue weighted by molar-refractivity contribution is -0.143. The molecule has 0 bridgehead atoms. The van der Waals surface area contributed by atoms with Crippen LogP contribution in [0.5, 0.6) is 0 Å². The van der Waals surface area contributed by atoms with E-state index in [4.69, 9.17) is 0 Å². The van der Waals surface area contributed by atoms with Crippen LogP contribution in [0.15, 0.2) is 41.6 Å². The Morgan fingerprint density at radius 2 is 2.18 bits per heavy atom. The van der Waals surface area contributed by atoms with E-state index in [-0.39, 0.29) is 0 Å². The Morgan fingerprint density at radius 1 is 1.45 bits per heavy atom. The number of aromatic nitrogens is 2. The van der Waals surface area contributed by atoms with Gasteiger partial charge in [0.05, 0.1) is 6.20 Å². The zero-order valence-electron chi connectivity index (χ0n) is 13.1. The SMILES string of the molecule is CSc1ccccc1[C@@H](C(=O)O)N(C)CCc1cnn(C)c1. The van der Waals surface area contributed by atoms with Gasteiger partial charge >= 0.3 is 5.97 Å². The van der Waals surface area contributed by atoms with Crippen molar-refractivity contribution in [3.8, 4) is 0 Å². The van der Waals surface area contributed by atoms with Gasteiger partial charge in [-0.1, -0.05) is 18.2 Å². The summed E-state index contributed by atoms with van der Waals surface area (Å²) in [7, 11) is 3.73. The van der Waals surface area contributed by atoms with Gasteiger partial charge in [-0.3, -0.25) is 14.4 Å². The molecule has 22 heavy (non-hydrogen) atoms. The third-order valence-corrected chi connectivity index (χ3v) is 4.43. The van der Waals surface area contributed by atoms with Crippen LogP contribution >= 0.6 is 11.8 Å². The number of aliphatic carboxylic acids is 1. The first-order chi connectivity index (χ1) is 10.5. The van der Waals surface area contributed by atoms with Crippen LogP contribution < -0.4 is 0 Å². The minimum absolute atomic E-state index is 0.639. The molecule has 1 atom stereocenters. The minimum atomic E-state index is -0.824. The molecule has 1 N–H and O–H groups in total. The second kappa shape index (κ2) is 7.47. The van der Waals surface area contributed by atoms with Gasteiger partial charge in [0.1, 0.15) is 6.04 Å². The van der Waals surface area contributed by atoms with Gasteiger partial charge in [-0.15, -0.1) is 11.8 Å². The first-order valence-electron chi connectivity index (χ1n) is 7.06. The highest BCUT2D eigenvalue weighted by Gasteiger charge is 2.26. The minimum Gasteiger partial charge on any atom is -0.480 e. The van der Waals surface area contributed by atoms with Gasteiger partial charge in [-0.25, -0.2) is 0 Å². The van der Waals surface area contributed by atoms with Gasteiger partial charge < -0.3 is 5.11 Å². The van der Waals surface area contributed by atoms with Crippen LogP contribution in [0.3, 0.4) is 0 Å². The standard InChI is InChI=1S/C16H21N3O2S/c1-18(9-8-12-10-17-19(2)11-12)15(16(20)21)13-6-4-5-7-14(13)22-3/h4-7,10-11,15H,8-9H2,1-3H3,(H,20,21)/t15-/m0/s1. The molecule has 0 radical (unpaired) electrons. The van der Waals surface area contributed by atoms with Crippen LogP contribution in [0.2, 0.25) is 0 Å². The molecule has 6 heteroatoms. The highest BCUT2D eigenvalue weighted by Crippen LogP contribution is 2.29. The number of likely N-dealkylation sites (N-methyl/N-ethyl adjacent to an activating group) is 1. The predicted octanol–water partition coefficient (Wildman–Crippen LogP) is 2.44. The lowest BCUT2D eigenvalue weighted by atomic mass is 10.1. The van der Waals surface area contributed by atoms with Crippen LogP contribution in [-0.4, -0.2) is 45.6 Å². The lowest BCUT2D eigenvalue weighted by Crippen LogP contribution is -2.32. The highest BCUT2D eigenvalue weighted by molar-refractivity contribution is 7.98. The summed E-state index contributed by atoms with van der Waals surface area (Å²) in [6, 6.07) is 7.04. The topological polar surface area (TPSA) is 58.4 Å². The number of hydrogen-bond acceptors (Lipinski definition) is 4. The summed E-state index contributed by atoms with van der Waals surface area (Å²) >= 11 is 1.57. The van der Waals surface area contributed by atoms with E-state index < -0.39 is 12.0 Å². The molecular weight excluding hydrogens is 298 g/mol. The van der Waals surface area contributed by atoms with Crippen LogP contribution in [0.1, 0.15) is 17.2 Å². The number of carboxylic acids is 1. The summed E-state index contributed by atoms with van der Waals surface area (Å²) in [4.78, 5) is 14.6. The van der Waals surface area contributed by atoms with Crippen molar-refractivity contribution in [1.82, 2.24) is 14.7 Å². The van der Waals surface area contributed by atoms with Crippen LogP contribution in [0.4, 0.5) is 0 Å². The third-order valence-electron chi connectivity index (χ3n) is 3.62. The molecule has 1 aromatic carbocycles. The van der Waals surface area contributed by atoms with E-state index in [0.29, 0.717) is 6.54 Å². The van der Waals surface area contributed by atoms with Crippen molar-refractivity contribution in [2.45, 2.75) is 17.4 Å². The molecule has 0 saturated carbocycles. The summed E-state index contributed by atoms with van der Waals surface area (Å²) in [6.45, 7) is 0.658. The van der Waals surface area contributed by atoms with Crippen LogP contribution in [0, 0.1) is 0 Å². The van der Waals surface area contributed by atoms with E-state index in [1.54, 1.807) is 16.4 Å². The number of hydrogen-bond donors (Lipinski definition) is 1. The molecule has 1 aromatic heterocycles. The van der Waals surface area contributed by atoms with Crippen molar-refractivity contribution in [2.24, 2.45) is 7.05 Å². The molecule has 118 valence electrons. The Hall–Kier alpha value is -1.79. The first kappa shape index (κ1) is 16.6. The van der Waals surface area contributed by atoms with Gasteiger partial charge in [0.15, 0.2) is 0 Å². The Kier molecular flexibility index (Phi) is 5.63. The Morgan fingerprint density at radius 3 is 2.77 bits per heavy atom. The Bertz CT molecular complexity index is 642. The zero-order valence-corrected chi connectivity index (χ0v) is 13.9. The third kappa shape index (κ3) is 3.90. The first-order valence-corrected chi connectivity index (χ1v) is 8.29. The van der Waals surface area contributed by atoms with Gasteiger partial charge in [-0.05, 0) is 36.9 Å². The number of aryl methyl sites for hydroxylation is 1. The maximum Gasteiger partial charge on any atom is 0.325 e. The smallest absolute Gasteiger partial charge is 0.325 e. The van der Waals surface area contributed by atoms with Crippen molar-refractivity contribution >= 4 is 17.7 Å². The number of thioether (sulfide) groups is 1. The maximum absolute atomic E-state index is 11.8. The van der Waals surface area contributed by atoms with Crippen molar-refractivity contribution < 1.29 is 9.90 Å². The number of benzene rings is 1. The Balaban J connectivity index is 2.15. The monoisotopic (exact) mass is 319 g/mol. The van der Waals surface area contributed by atoms with Crippen molar-refractivity contribution in [2.75, 3.05) is 19.8 Å². The van der Waals surface area contributed by atoms with E-state index >= 15 is 0 Å². The van der Waals surface area contributed by atoms with E-state index in [9.17, 15) is 9.90 Å². The Labute approximate surface area is 134 Å². The summed E-state index contributed by atoms with van der Waals surface area (Å²) in [5.74, 6) is -0.824. The van der Waals surface area contributed by atoms with Crippen molar-refractivity contribution in [1.29, 1.82) is 0 Å². The van der Waals surface area contributed by atoms with E-state index in [1.807, 2.05) is 61.9 Å². The van der Waals surface area contributed by atoms with E-state index in [1.165, 1.54) is 0 Å². The zero-order chi connectivity index (χ0) is 16.1. The van der Waals surface area contributed by atoms with Gasteiger partial charge in [0, 0.05) is 24.7 Å². The number of nitrogens with zero attached hydrogens (tertiary/aromatic N) is 3. The number of carbonyl (C=O) groups is 1. The molecule has 2 aromatic rings. The van der Waals surface area contributed by atoms with Gasteiger partial charge in [0.25, 0.3) is 0 Å². The average Bonchev–Trinajstić information content (AvgIpc) is 2.91. The molecule has 0 fully saturated rings. The second-order valence-corrected chi connectivity index (χ2v) is 6.08. The van der Waals surface area contributed by atoms with Gasteiger partial charge in [0.2, 0.25) is 0 Å². The molecule has 0 unspecified atom stereocenters. The second-order valence-electron chi connectivity index (χ2n) is 5.24.